The smallest absolute Gasteiger partial charge is 0.306 e. The molecule has 3 atom stereocenters. The van der Waals surface area contributed by atoms with Crippen molar-refractivity contribution in [3.05, 3.63) is 53.1 Å². The number of allylic oxidation sites excluding steroid dienone is 2. The largest absolute Gasteiger partial charge is 0.466 e. The summed E-state index contributed by atoms with van der Waals surface area (Å²) < 4.78 is 33.0. The Labute approximate surface area is 167 Å². The standard InChI is InChI=1S/C22H27NO4S/c1-3-27-21(24)12-17-8-6-16-7-9-18-13-23(14-20(18)22(16)17)28(25,26)19-10-4-15(2)5-11-19/h4-5,7,9-11,16-18H,3,6,8,12-14H2,1-2H3/t16-,17?,18-/m0/s1. The molecule has 0 bridgehead atoms. The zero-order valence-electron chi connectivity index (χ0n) is 16.4. The molecule has 1 saturated carbocycles. The molecule has 0 radical (unpaired) electrons. The number of ether oxygens (including phenoxy) is 1. The molecule has 1 saturated heterocycles. The fraction of sp³-hybridized carbons (Fsp3) is 0.500. The summed E-state index contributed by atoms with van der Waals surface area (Å²) in [5.74, 6) is 0.477. The van der Waals surface area contributed by atoms with Crippen LogP contribution in [0.4, 0.5) is 0 Å². The van der Waals surface area contributed by atoms with Gasteiger partial charge in [0.1, 0.15) is 0 Å². The van der Waals surface area contributed by atoms with Gasteiger partial charge in [-0.05, 0) is 56.2 Å². The zero-order chi connectivity index (χ0) is 19.9. The molecule has 1 aliphatic heterocycles. The number of aryl methyl sites for hydroxylation is 1. The molecule has 0 aromatic heterocycles. The van der Waals surface area contributed by atoms with Gasteiger partial charge in [-0.15, -0.1) is 0 Å². The fourth-order valence-corrected chi connectivity index (χ4v) is 6.27. The van der Waals surface area contributed by atoms with E-state index >= 15 is 0 Å². The maximum atomic E-state index is 13.1. The molecule has 1 aromatic rings. The lowest BCUT2D eigenvalue weighted by molar-refractivity contribution is -0.143. The van der Waals surface area contributed by atoms with E-state index in [4.69, 9.17) is 4.74 Å². The van der Waals surface area contributed by atoms with Crippen LogP contribution in [0.15, 0.2) is 52.5 Å². The van der Waals surface area contributed by atoms with Crippen LogP contribution in [-0.2, 0) is 19.6 Å². The highest BCUT2D eigenvalue weighted by molar-refractivity contribution is 7.89. The number of esters is 1. The Balaban J connectivity index is 1.61. The van der Waals surface area contributed by atoms with Crippen molar-refractivity contribution < 1.29 is 17.9 Å². The lowest BCUT2D eigenvalue weighted by Gasteiger charge is -2.23. The predicted octanol–water partition coefficient (Wildman–Crippen LogP) is 3.46. The number of hydrogen-bond donors (Lipinski definition) is 0. The average molecular weight is 402 g/mol. The Kier molecular flexibility index (Phi) is 5.19. The van der Waals surface area contributed by atoms with Crippen molar-refractivity contribution in [2.45, 2.75) is 38.0 Å². The molecule has 0 amide bonds. The second-order valence-electron chi connectivity index (χ2n) is 7.97. The van der Waals surface area contributed by atoms with Crippen molar-refractivity contribution in [1.82, 2.24) is 4.31 Å². The molecular weight excluding hydrogens is 374 g/mol. The van der Waals surface area contributed by atoms with Crippen molar-refractivity contribution in [2.75, 3.05) is 19.7 Å². The van der Waals surface area contributed by atoms with Crippen molar-refractivity contribution in [1.29, 1.82) is 0 Å². The minimum absolute atomic E-state index is 0.120. The van der Waals surface area contributed by atoms with Crippen LogP contribution in [0.3, 0.4) is 0 Å². The van der Waals surface area contributed by atoms with Crippen LogP contribution in [-0.4, -0.2) is 38.4 Å². The first-order chi connectivity index (χ1) is 13.4. The summed E-state index contributed by atoms with van der Waals surface area (Å²) in [5.41, 5.74) is 3.54. The molecule has 4 rings (SSSR count). The third-order valence-corrected chi connectivity index (χ3v) is 8.01. The van der Waals surface area contributed by atoms with Crippen molar-refractivity contribution in [3.63, 3.8) is 0 Å². The van der Waals surface area contributed by atoms with Crippen LogP contribution in [0.25, 0.3) is 0 Å². The lowest BCUT2D eigenvalue weighted by Crippen LogP contribution is -2.28. The predicted molar refractivity (Wildman–Crippen MR) is 107 cm³/mol. The Bertz CT molecular complexity index is 930. The quantitative estimate of drug-likeness (QED) is 0.560. The molecule has 150 valence electrons. The van der Waals surface area contributed by atoms with E-state index < -0.39 is 10.0 Å². The molecule has 1 aromatic carbocycles. The van der Waals surface area contributed by atoms with Gasteiger partial charge in [0.25, 0.3) is 0 Å². The number of rotatable bonds is 5. The molecule has 6 heteroatoms. The highest BCUT2D eigenvalue weighted by Gasteiger charge is 2.42. The molecule has 2 aliphatic carbocycles. The molecule has 28 heavy (non-hydrogen) atoms. The van der Waals surface area contributed by atoms with Crippen molar-refractivity contribution in [2.24, 2.45) is 17.8 Å². The molecule has 3 aliphatic rings. The highest BCUT2D eigenvalue weighted by Crippen LogP contribution is 2.48. The van der Waals surface area contributed by atoms with Crippen LogP contribution < -0.4 is 0 Å². The Morgan fingerprint density at radius 3 is 2.57 bits per heavy atom. The van der Waals surface area contributed by atoms with Gasteiger partial charge in [-0.1, -0.05) is 35.4 Å². The summed E-state index contributed by atoms with van der Waals surface area (Å²) in [6.07, 6.45) is 6.77. The first-order valence-electron chi connectivity index (χ1n) is 10.0. The molecule has 0 N–H and O–H groups in total. The minimum atomic E-state index is -3.52. The third-order valence-electron chi connectivity index (χ3n) is 6.18. The van der Waals surface area contributed by atoms with Gasteiger partial charge in [-0.2, -0.15) is 4.31 Å². The number of hydrogen-bond acceptors (Lipinski definition) is 4. The summed E-state index contributed by atoms with van der Waals surface area (Å²) >= 11 is 0. The zero-order valence-corrected chi connectivity index (χ0v) is 17.2. The number of nitrogens with zero attached hydrogens (tertiary/aromatic N) is 1. The fourth-order valence-electron chi connectivity index (χ4n) is 4.82. The maximum absolute atomic E-state index is 13.1. The van der Waals surface area contributed by atoms with E-state index in [2.05, 4.69) is 12.2 Å². The van der Waals surface area contributed by atoms with E-state index in [1.54, 1.807) is 16.4 Å². The van der Waals surface area contributed by atoms with E-state index in [-0.39, 0.29) is 17.8 Å². The Morgan fingerprint density at radius 1 is 1.14 bits per heavy atom. The summed E-state index contributed by atoms with van der Waals surface area (Å²) in [5, 5.41) is 0. The molecule has 2 fully saturated rings. The summed E-state index contributed by atoms with van der Waals surface area (Å²) in [7, 11) is -3.52. The Hall–Kier alpha value is -1.92. The number of benzene rings is 1. The molecule has 1 unspecified atom stereocenters. The second kappa shape index (κ2) is 7.48. The van der Waals surface area contributed by atoms with Gasteiger partial charge in [-0.3, -0.25) is 4.79 Å². The van der Waals surface area contributed by atoms with E-state index in [9.17, 15) is 13.2 Å². The van der Waals surface area contributed by atoms with Gasteiger partial charge in [-0.25, -0.2) is 8.42 Å². The van der Waals surface area contributed by atoms with Gasteiger partial charge in [0.05, 0.1) is 17.9 Å². The van der Waals surface area contributed by atoms with Crippen LogP contribution in [0.2, 0.25) is 0 Å². The van der Waals surface area contributed by atoms with Crippen molar-refractivity contribution >= 4 is 16.0 Å². The summed E-state index contributed by atoms with van der Waals surface area (Å²) in [4.78, 5) is 12.4. The number of fused-ring (bicyclic) bond motifs is 2. The molecule has 1 heterocycles. The van der Waals surface area contributed by atoms with Crippen LogP contribution >= 0.6 is 0 Å². The van der Waals surface area contributed by atoms with Crippen LogP contribution in [0, 0.1) is 24.7 Å². The first-order valence-corrected chi connectivity index (χ1v) is 11.5. The normalized spacial score (nSPS) is 27.0. The first kappa shape index (κ1) is 19.4. The Morgan fingerprint density at radius 2 is 1.86 bits per heavy atom. The van der Waals surface area contributed by atoms with Crippen molar-refractivity contribution in [3.8, 4) is 0 Å². The van der Waals surface area contributed by atoms with Gasteiger partial charge in [0.2, 0.25) is 10.0 Å². The number of carbonyl (C=O) groups is 1. The van der Waals surface area contributed by atoms with Gasteiger partial charge >= 0.3 is 5.97 Å². The van der Waals surface area contributed by atoms with Crippen LogP contribution in [0.5, 0.6) is 0 Å². The number of sulfonamides is 1. The molecular formula is C22H27NO4S. The van der Waals surface area contributed by atoms with E-state index in [1.165, 1.54) is 11.1 Å². The van der Waals surface area contributed by atoms with E-state index in [0.717, 1.165) is 18.4 Å². The summed E-state index contributed by atoms with van der Waals surface area (Å²) in [6.45, 7) is 5.07. The minimum Gasteiger partial charge on any atom is -0.466 e. The topological polar surface area (TPSA) is 63.7 Å². The van der Waals surface area contributed by atoms with E-state index in [1.807, 2.05) is 26.0 Å². The highest BCUT2D eigenvalue weighted by atomic mass is 32.2. The average Bonchev–Trinajstić information content (AvgIpc) is 3.26. The lowest BCUT2D eigenvalue weighted by atomic mass is 9.81. The van der Waals surface area contributed by atoms with Gasteiger partial charge < -0.3 is 4.74 Å². The van der Waals surface area contributed by atoms with Gasteiger partial charge in [0, 0.05) is 19.0 Å². The van der Waals surface area contributed by atoms with Gasteiger partial charge in [0.15, 0.2) is 0 Å². The molecule has 5 nitrogen and oxygen atoms in total. The second-order valence-corrected chi connectivity index (χ2v) is 9.91. The van der Waals surface area contributed by atoms with E-state index in [0.29, 0.717) is 36.9 Å². The number of carbonyl (C=O) groups excluding carboxylic acids is 1. The summed E-state index contributed by atoms with van der Waals surface area (Å²) in [6, 6.07) is 7.03. The molecule has 0 spiro atoms. The SMILES string of the molecule is CCOC(=O)CC1CC[C@H]2C=C[C@H]3CN(S(=O)(=O)c4ccc(C)cc4)CC3=C12. The maximum Gasteiger partial charge on any atom is 0.306 e. The monoisotopic (exact) mass is 401 g/mol. The third kappa shape index (κ3) is 3.44. The van der Waals surface area contributed by atoms with Crippen LogP contribution in [0.1, 0.15) is 31.7 Å².